The van der Waals surface area contributed by atoms with Crippen molar-refractivity contribution in [2.24, 2.45) is 13.0 Å². The van der Waals surface area contributed by atoms with Gasteiger partial charge in [0, 0.05) is 32.0 Å². The minimum atomic E-state index is -0.511. The van der Waals surface area contributed by atoms with E-state index >= 15 is 0 Å². The number of aromatic nitrogens is 2. The highest BCUT2D eigenvalue weighted by Gasteiger charge is 2.39. The molecule has 2 aliphatic heterocycles. The van der Waals surface area contributed by atoms with Crippen LogP contribution in [-0.2, 0) is 11.8 Å². The molecule has 0 saturated carbocycles. The van der Waals surface area contributed by atoms with Gasteiger partial charge in [-0.05, 0) is 52.1 Å². The number of amides is 1. The van der Waals surface area contributed by atoms with Crippen molar-refractivity contribution in [2.75, 3.05) is 19.6 Å². The zero-order valence-corrected chi connectivity index (χ0v) is 14.4. The molecule has 2 aliphatic rings. The van der Waals surface area contributed by atoms with Gasteiger partial charge in [0.15, 0.2) is 0 Å². The largest absolute Gasteiger partial charge is 0.385 e. The molecule has 0 spiro atoms. The molecule has 6 nitrogen and oxygen atoms in total. The highest BCUT2D eigenvalue weighted by molar-refractivity contribution is 5.84. The van der Waals surface area contributed by atoms with Gasteiger partial charge >= 0.3 is 0 Å². The lowest BCUT2D eigenvalue weighted by Crippen LogP contribution is -2.47. The van der Waals surface area contributed by atoms with Gasteiger partial charge in [-0.15, -0.1) is 0 Å². The number of rotatable bonds is 4. The molecule has 1 N–H and O–H groups in total. The Labute approximate surface area is 138 Å². The van der Waals surface area contributed by atoms with Crippen LogP contribution in [0, 0.1) is 5.92 Å². The molecule has 2 unspecified atom stereocenters. The lowest BCUT2D eigenvalue weighted by molar-refractivity contribution is -0.134. The molecule has 3 rings (SSSR count). The standard InChI is InChI=1S/C17H28N4O2/c1-12(2)21-10-6-14(17(21)23)20-8-4-13(5-9-20)15(22)16-18-7-11-19(16)3/h7,11-15,22H,4-6,8-10H2,1-3H3. The van der Waals surface area contributed by atoms with Crippen LogP contribution >= 0.6 is 0 Å². The smallest absolute Gasteiger partial charge is 0.240 e. The third-order valence-corrected chi connectivity index (χ3v) is 5.42. The molecule has 2 saturated heterocycles. The summed E-state index contributed by atoms with van der Waals surface area (Å²) in [6.07, 6.45) is 5.85. The van der Waals surface area contributed by atoms with Gasteiger partial charge in [-0.2, -0.15) is 0 Å². The van der Waals surface area contributed by atoms with E-state index in [1.165, 1.54) is 0 Å². The van der Waals surface area contributed by atoms with Gasteiger partial charge in [0.1, 0.15) is 11.9 Å². The number of piperidine rings is 1. The predicted octanol–water partition coefficient (Wildman–Crippen LogP) is 1.17. The maximum Gasteiger partial charge on any atom is 0.240 e. The Morgan fingerprint density at radius 3 is 2.43 bits per heavy atom. The lowest BCUT2D eigenvalue weighted by Gasteiger charge is -2.36. The molecule has 23 heavy (non-hydrogen) atoms. The quantitative estimate of drug-likeness (QED) is 0.905. The average molecular weight is 320 g/mol. The zero-order chi connectivity index (χ0) is 16.6. The number of likely N-dealkylation sites (tertiary alicyclic amines) is 2. The fourth-order valence-electron chi connectivity index (χ4n) is 3.96. The van der Waals surface area contributed by atoms with E-state index in [-0.39, 0.29) is 23.9 Å². The normalized spacial score (nSPS) is 25.5. The second-order valence-corrected chi connectivity index (χ2v) is 7.14. The molecule has 0 radical (unpaired) electrons. The summed E-state index contributed by atoms with van der Waals surface area (Å²) in [5.74, 6) is 1.25. The predicted molar refractivity (Wildman–Crippen MR) is 87.7 cm³/mol. The van der Waals surface area contributed by atoms with Gasteiger partial charge in [-0.3, -0.25) is 9.69 Å². The first kappa shape index (κ1) is 16.5. The fourth-order valence-corrected chi connectivity index (χ4v) is 3.96. The molecule has 128 valence electrons. The van der Waals surface area contributed by atoms with Crippen molar-refractivity contribution in [3.05, 3.63) is 18.2 Å². The molecule has 0 aliphatic carbocycles. The van der Waals surface area contributed by atoms with Crippen LogP contribution < -0.4 is 0 Å². The SMILES string of the molecule is CC(C)N1CCC(N2CCC(C(O)c3nccn3C)CC2)C1=O. The number of imidazole rings is 1. The molecule has 3 heterocycles. The monoisotopic (exact) mass is 320 g/mol. The van der Waals surface area contributed by atoms with E-state index in [9.17, 15) is 9.90 Å². The molecular formula is C17H28N4O2. The van der Waals surface area contributed by atoms with Crippen LogP contribution in [-0.4, -0.2) is 62.1 Å². The van der Waals surface area contributed by atoms with Gasteiger partial charge in [-0.1, -0.05) is 0 Å². The van der Waals surface area contributed by atoms with Gasteiger partial charge in [0.05, 0.1) is 6.04 Å². The lowest BCUT2D eigenvalue weighted by atomic mass is 9.90. The number of carbonyl (C=O) groups is 1. The molecule has 1 aromatic heterocycles. The number of nitrogens with zero attached hydrogens (tertiary/aromatic N) is 4. The van der Waals surface area contributed by atoms with Gasteiger partial charge in [0.25, 0.3) is 0 Å². The Hall–Kier alpha value is -1.40. The van der Waals surface area contributed by atoms with Crippen LogP contribution in [0.1, 0.15) is 45.0 Å². The summed E-state index contributed by atoms with van der Waals surface area (Å²) in [5.41, 5.74) is 0. The van der Waals surface area contributed by atoms with E-state index < -0.39 is 6.10 Å². The van der Waals surface area contributed by atoms with Crippen LogP contribution in [0.5, 0.6) is 0 Å². The van der Waals surface area contributed by atoms with E-state index in [1.54, 1.807) is 6.20 Å². The molecule has 2 atom stereocenters. The van der Waals surface area contributed by atoms with Gasteiger partial charge in [-0.25, -0.2) is 4.98 Å². The van der Waals surface area contributed by atoms with E-state index in [2.05, 4.69) is 23.7 Å². The van der Waals surface area contributed by atoms with Gasteiger partial charge in [0.2, 0.25) is 5.91 Å². The van der Waals surface area contributed by atoms with Crippen molar-refractivity contribution < 1.29 is 9.90 Å². The van der Waals surface area contributed by atoms with E-state index in [1.807, 2.05) is 22.7 Å². The molecule has 6 heteroatoms. The average Bonchev–Trinajstić information content (AvgIpc) is 3.12. The highest BCUT2D eigenvalue weighted by atomic mass is 16.3. The molecule has 1 aromatic rings. The fraction of sp³-hybridized carbons (Fsp3) is 0.765. The number of hydrogen-bond donors (Lipinski definition) is 1. The van der Waals surface area contributed by atoms with Crippen LogP contribution in [0.3, 0.4) is 0 Å². The van der Waals surface area contributed by atoms with Crippen molar-refractivity contribution in [1.82, 2.24) is 19.4 Å². The summed E-state index contributed by atoms with van der Waals surface area (Å²) in [4.78, 5) is 21.1. The first-order chi connectivity index (χ1) is 11.0. The van der Waals surface area contributed by atoms with E-state index in [0.717, 1.165) is 44.7 Å². The summed E-state index contributed by atoms with van der Waals surface area (Å²) < 4.78 is 1.89. The number of hydrogen-bond acceptors (Lipinski definition) is 4. The summed E-state index contributed by atoms with van der Waals surface area (Å²) in [7, 11) is 1.92. The maximum absolute atomic E-state index is 12.5. The summed E-state index contributed by atoms with van der Waals surface area (Å²) in [6, 6.07) is 0.332. The molecule has 2 fully saturated rings. The Morgan fingerprint density at radius 1 is 1.22 bits per heavy atom. The van der Waals surface area contributed by atoms with Gasteiger partial charge < -0.3 is 14.6 Å². The Kier molecular flexibility index (Phi) is 4.73. The van der Waals surface area contributed by atoms with Crippen LogP contribution in [0.4, 0.5) is 0 Å². The third-order valence-electron chi connectivity index (χ3n) is 5.42. The maximum atomic E-state index is 12.5. The number of aliphatic hydroxyl groups excluding tert-OH is 1. The molecule has 0 bridgehead atoms. The summed E-state index contributed by atoms with van der Waals surface area (Å²) >= 11 is 0. The molecule has 0 aromatic carbocycles. The summed E-state index contributed by atoms with van der Waals surface area (Å²) in [6.45, 7) is 6.80. The van der Waals surface area contributed by atoms with E-state index in [0.29, 0.717) is 0 Å². The van der Waals surface area contributed by atoms with E-state index in [4.69, 9.17) is 0 Å². The highest BCUT2D eigenvalue weighted by Crippen LogP contribution is 2.32. The number of aryl methyl sites for hydroxylation is 1. The van der Waals surface area contributed by atoms with Crippen LogP contribution in [0.2, 0.25) is 0 Å². The zero-order valence-electron chi connectivity index (χ0n) is 14.4. The van der Waals surface area contributed by atoms with Crippen molar-refractivity contribution in [3.63, 3.8) is 0 Å². The number of carbonyl (C=O) groups excluding carboxylic acids is 1. The number of aliphatic hydroxyl groups is 1. The Bertz CT molecular complexity index is 549. The van der Waals surface area contributed by atoms with Crippen molar-refractivity contribution in [1.29, 1.82) is 0 Å². The minimum Gasteiger partial charge on any atom is -0.385 e. The second-order valence-electron chi connectivity index (χ2n) is 7.14. The minimum absolute atomic E-state index is 0.0451. The molecular weight excluding hydrogens is 292 g/mol. The topological polar surface area (TPSA) is 61.6 Å². The summed E-state index contributed by atoms with van der Waals surface area (Å²) in [5, 5.41) is 10.6. The van der Waals surface area contributed by atoms with Crippen molar-refractivity contribution >= 4 is 5.91 Å². The Morgan fingerprint density at radius 2 is 1.91 bits per heavy atom. The first-order valence-corrected chi connectivity index (χ1v) is 8.69. The van der Waals surface area contributed by atoms with Crippen LogP contribution in [0.25, 0.3) is 0 Å². The Balaban J connectivity index is 1.57. The molecule has 1 amide bonds. The van der Waals surface area contributed by atoms with Crippen molar-refractivity contribution in [3.8, 4) is 0 Å². The third kappa shape index (κ3) is 3.15. The van der Waals surface area contributed by atoms with Crippen molar-refractivity contribution in [2.45, 2.75) is 51.3 Å². The first-order valence-electron chi connectivity index (χ1n) is 8.69. The van der Waals surface area contributed by atoms with Crippen LogP contribution in [0.15, 0.2) is 12.4 Å². The second kappa shape index (κ2) is 6.61.